The van der Waals surface area contributed by atoms with Crippen LogP contribution in [0.2, 0.25) is 0 Å². The van der Waals surface area contributed by atoms with Crippen molar-refractivity contribution in [1.29, 1.82) is 0 Å². The van der Waals surface area contributed by atoms with Crippen LogP contribution in [0.15, 0.2) is 59.0 Å². The summed E-state index contributed by atoms with van der Waals surface area (Å²) in [6, 6.07) is 15.6. The average molecular weight is 291 g/mol. The zero-order chi connectivity index (χ0) is 15.5. The summed E-state index contributed by atoms with van der Waals surface area (Å²) in [5.41, 5.74) is 3.94. The molecule has 2 aromatic carbocycles. The number of anilines is 1. The summed E-state index contributed by atoms with van der Waals surface area (Å²) in [5, 5.41) is 3.86. The summed E-state index contributed by atoms with van der Waals surface area (Å²) in [5.74, 6) is 0.486. The molecule has 3 heteroatoms. The smallest absolute Gasteiger partial charge is 0.248 e. The summed E-state index contributed by atoms with van der Waals surface area (Å²) in [6.45, 7) is 4.05. The van der Waals surface area contributed by atoms with Crippen molar-refractivity contribution < 1.29 is 9.21 Å². The number of aryl methyl sites for hydroxylation is 2. The van der Waals surface area contributed by atoms with Gasteiger partial charge in [0.2, 0.25) is 5.91 Å². The number of amides is 1. The van der Waals surface area contributed by atoms with Crippen LogP contribution in [0.25, 0.3) is 17.0 Å². The van der Waals surface area contributed by atoms with Crippen LogP contribution in [0.1, 0.15) is 16.9 Å². The van der Waals surface area contributed by atoms with E-state index in [1.807, 2.05) is 56.3 Å². The molecule has 3 nitrogen and oxygen atoms in total. The van der Waals surface area contributed by atoms with E-state index in [0.717, 1.165) is 22.2 Å². The number of hydrogen-bond donors (Lipinski definition) is 1. The van der Waals surface area contributed by atoms with Crippen LogP contribution >= 0.6 is 0 Å². The molecule has 0 bridgehead atoms. The van der Waals surface area contributed by atoms with Crippen LogP contribution in [0.4, 0.5) is 5.69 Å². The van der Waals surface area contributed by atoms with Crippen LogP contribution in [-0.4, -0.2) is 5.91 Å². The first-order valence-electron chi connectivity index (χ1n) is 7.16. The van der Waals surface area contributed by atoms with E-state index in [1.165, 1.54) is 11.6 Å². The Morgan fingerprint density at radius 3 is 2.50 bits per heavy atom. The summed E-state index contributed by atoms with van der Waals surface area (Å²) in [4.78, 5) is 11.9. The highest BCUT2D eigenvalue weighted by Gasteiger charge is 2.02. The van der Waals surface area contributed by atoms with Crippen LogP contribution in [0.5, 0.6) is 0 Å². The minimum absolute atomic E-state index is 0.180. The zero-order valence-electron chi connectivity index (χ0n) is 12.6. The quantitative estimate of drug-likeness (QED) is 0.711. The Morgan fingerprint density at radius 1 is 1.00 bits per heavy atom. The van der Waals surface area contributed by atoms with Gasteiger partial charge in [0.15, 0.2) is 0 Å². The van der Waals surface area contributed by atoms with Crippen LogP contribution in [-0.2, 0) is 4.79 Å². The van der Waals surface area contributed by atoms with Crippen LogP contribution in [0, 0.1) is 13.8 Å². The van der Waals surface area contributed by atoms with Crippen molar-refractivity contribution in [3.63, 3.8) is 0 Å². The van der Waals surface area contributed by atoms with Crippen molar-refractivity contribution in [2.24, 2.45) is 0 Å². The highest BCUT2D eigenvalue weighted by Crippen LogP contribution is 2.21. The van der Waals surface area contributed by atoms with Gasteiger partial charge in [-0.3, -0.25) is 4.79 Å². The molecule has 0 aliphatic heterocycles. The average Bonchev–Trinajstić information content (AvgIpc) is 2.89. The van der Waals surface area contributed by atoms with Gasteiger partial charge in [0.25, 0.3) is 0 Å². The lowest BCUT2D eigenvalue weighted by Gasteiger charge is -2.01. The monoisotopic (exact) mass is 291 g/mol. The van der Waals surface area contributed by atoms with Crippen molar-refractivity contribution >= 4 is 28.6 Å². The first kappa shape index (κ1) is 14.1. The molecule has 1 amide bonds. The fourth-order valence-corrected chi connectivity index (χ4v) is 2.24. The molecule has 0 radical (unpaired) electrons. The standard InChI is InChI=1S/C19H17NO2/c1-13-3-6-16(7-4-13)20-19(21)10-8-17-12-15-11-14(2)5-9-18(15)22-17/h3-12H,1-2H3,(H,20,21). The summed E-state index contributed by atoms with van der Waals surface area (Å²) < 4.78 is 5.67. The Hall–Kier alpha value is -2.81. The largest absolute Gasteiger partial charge is 0.457 e. The van der Waals surface area contributed by atoms with Crippen molar-refractivity contribution in [2.45, 2.75) is 13.8 Å². The van der Waals surface area contributed by atoms with E-state index in [-0.39, 0.29) is 5.91 Å². The second kappa shape index (κ2) is 5.90. The molecule has 0 saturated heterocycles. The molecule has 0 aliphatic rings. The molecular formula is C19H17NO2. The molecule has 1 aromatic heterocycles. The summed E-state index contributed by atoms with van der Waals surface area (Å²) in [6.07, 6.45) is 3.16. The van der Waals surface area contributed by atoms with E-state index in [9.17, 15) is 4.79 Å². The Bertz CT molecular complexity index is 842. The highest BCUT2D eigenvalue weighted by molar-refractivity contribution is 6.02. The third-order valence-electron chi connectivity index (χ3n) is 3.41. The Morgan fingerprint density at radius 2 is 1.73 bits per heavy atom. The molecule has 1 N–H and O–H groups in total. The lowest BCUT2D eigenvalue weighted by atomic mass is 10.2. The number of hydrogen-bond acceptors (Lipinski definition) is 2. The number of fused-ring (bicyclic) bond motifs is 1. The van der Waals surface area contributed by atoms with Gasteiger partial charge in [-0.15, -0.1) is 0 Å². The van der Waals surface area contributed by atoms with Crippen molar-refractivity contribution in [1.82, 2.24) is 0 Å². The first-order chi connectivity index (χ1) is 10.6. The predicted octanol–water partition coefficient (Wildman–Crippen LogP) is 4.70. The molecule has 0 spiro atoms. The van der Waals surface area contributed by atoms with Gasteiger partial charge in [0.05, 0.1) is 0 Å². The molecule has 3 aromatic rings. The van der Waals surface area contributed by atoms with Crippen LogP contribution in [0.3, 0.4) is 0 Å². The molecule has 0 saturated carbocycles. The number of nitrogens with one attached hydrogen (secondary N) is 1. The molecular weight excluding hydrogens is 274 g/mol. The molecule has 110 valence electrons. The number of rotatable bonds is 3. The van der Waals surface area contributed by atoms with E-state index in [2.05, 4.69) is 11.4 Å². The van der Waals surface area contributed by atoms with E-state index >= 15 is 0 Å². The van der Waals surface area contributed by atoms with E-state index < -0.39 is 0 Å². The molecule has 3 rings (SSSR count). The maximum atomic E-state index is 11.9. The fraction of sp³-hybridized carbons (Fsp3) is 0.105. The third-order valence-corrected chi connectivity index (χ3v) is 3.41. The number of carbonyl (C=O) groups is 1. The summed E-state index contributed by atoms with van der Waals surface area (Å²) >= 11 is 0. The van der Waals surface area contributed by atoms with Gasteiger partial charge in [-0.2, -0.15) is 0 Å². The minimum Gasteiger partial charge on any atom is -0.457 e. The molecule has 22 heavy (non-hydrogen) atoms. The Balaban J connectivity index is 1.71. The molecule has 0 atom stereocenters. The molecule has 0 fully saturated rings. The predicted molar refractivity (Wildman–Crippen MR) is 89.8 cm³/mol. The molecule has 1 heterocycles. The van der Waals surface area contributed by atoms with Crippen molar-refractivity contribution in [3.8, 4) is 0 Å². The Kier molecular flexibility index (Phi) is 3.79. The Labute approximate surface area is 129 Å². The molecule has 0 unspecified atom stereocenters. The number of carbonyl (C=O) groups excluding carboxylic acids is 1. The van der Waals surface area contributed by atoms with Gasteiger partial charge in [-0.05, 0) is 50.3 Å². The van der Waals surface area contributed by atoms with Gasteiger partial charge in [-0.25, -0.2) is 0 Å². The first-order valence-corrected chi connectivity index (χ1v) is 7.16. The van der Waals surface area contributed by atoms with Crippen molar-refractivity contribution in [2.75, 3.05) is 5.32 Å². The second-order valence-corrected chi connectivity index (χ2v) is 5.38. The normalized spacial score (nSPS) is 11.2. The number of benzene rings is 2. The molecule has 0 aliphatic carbocycles. The lowest BCUT2D eigenvalue weighted by Crippen LogP contribution is -2.07. The number of furan rings is 1. The van der Waals surface area contributed by atoms with Gasteiger partial charge >= 0.3 is 0 Å². The summed E-state index contributed by atoms with van der Waals surface area (Å²) in [7, 11) is 0. The third kappa shape index (κ3) is 3.26. The maximum absolute atomic E-state index is 11.9. The zero-order valence-corrected chi connectivity index (χ0v) is 12.6. The SMILES string of the molecule is Cc1ccc(NC(=O)C=Cc2cc3cc(C)ccc3o2)cc1. The fourth-order valence-electron chi connectivity index (χ4n) is 2.24. The van der Waals surface area contributed by atoms with E-state index in [1.54, 1.807) is 6.08 Å². The van der Waals surface area contributed by atoms with Gasteiger partial charge in [0.1, 0.15) is 11.3 Å². The van der Waals surface area contributed by atoms with Gasteiger partial charge in [0, 0.05) is 17.1 Å². The van der Waals surface area contributed by atoms with E-state index in [0.29, 0.717) is 5.76 Å². The highest BCUT2D eigenvalue weighted by atomic mass is 16.3. The van der Waals surface area contributed by atoms with E-state index in [4.69, 9.17) is 4.42 Å². The minimum atomic E-state index is -0.180. The van der Waals surface area contributed by atoms with Gasteiger partial charge < -0.3 is 9.73 Å². The van der Waals surface area contributed by atoms with Crippen LogP contribution < -0.4 is 5.32 Å². The van der Waals surface area contributed by atoms with Crippen molar-refractivity contribution in [3.05, 3.63) is 71.5 Å². The lowest BCUT2D eigenvalue weighted by molar-refractivity contribution is -0.111. The second-order valence-electron chi connectivity index (χ2n) is 5.38. The van der Waals surface area contributed by atoms with Gasteiger partial charge in [-0.1, -0.05) is 29.3 Å². The maximum Gasteiger partial charge on any atom is 0.248 e. The topological polar surface area (TPSA) is 42.2 Å².